The number of carboxylic acid groups (broad SMARTS) is 1. The van der Waals surface area contributed by atoms with Crippen LogP contribution < -0.4 is 15.4 Å². The number of aromatic carboxylic acids is 1. The van der Waals surface area contributed by atoms with Crippen molar-refractivity contribution in [2.24, 2.45) is 0 Å². The Kier molecular flexibility index (Phi) is 5.39. The van der Waals surface area contributed by atoms with Gasteiger partial charge in [-0.15, -0.1) is 0 Å². The highest BCUT2D eigenvalue weighted by Gasteiger charge is 2.23. The van der Waals surface area contributed by atoms with Gasteiger partial charge in [-0.25, -0.2) is 9.78 Å². The Morgan fingerprint density at radius 2 is 2.14 bits per heavy atom. The summed E-state index contributed by atoms with van der Waals surface area (Å²) >= 11 is 13.3. The Hall–Kier alpha value is -2.33. The van der Waals surface area contributed by atoms with Gasteiger partial charge < -0.3 is 20.1 Å². The van der Waals surface area contributed by atoms with Crippen LogP contribution in [0.1, 0.15) is 33.0 Å². The van der Waals surface area contributed by atoms with Crippen molar-refractivity contribution in [3.63, 3.8) is 0 Å². The van der Waals surface area contributed by atoms with E-state index in [-0.39, 0.29) is 27.4 Å². The Bertz CT molecular complexity index is 1120. The van der Waals surface area contributed by atoms with E-state index in [1.165, 1.54) is 12.1 Å². The standard InChI is InChI=1S/C18H16Cl2N4O4S/c1-7-12(19)13(20)15(22-7)16(25)24-18-23-14-10(28-9-2-3-21-6-9)4-8(17(26)27)5-11(14)29-18/h4-5,9,21-22H,2-3,6H2,1H3,(H,26,27)(H,23,24,25). The van der Waals surface area contributed by atoms with Gasteiger partial charge in [0.2, 0.25) is 0 Å². The first-order valence-electron chi connectivity index (χ1n) is 8.73. The van der Waals surface area contributed by atoms with Gasteiger partial charge in [-0.2, -0.15) is 0 Å². The number of carbonyl (C=O) groups is 2. The van der Waals surface area contributed by atoms with Gasteiger partial charge in [0.25, 0.3) is 5.91 Å². The molecule has 2 aromatic heterocycles. The first-order valence-corrected chi connectivity index (χ1v) is 10.3. The minimum absolute atomic E-state index is 0.0650. The number of ether oxygens (including phenoxy) is 1. The number of halogens is 2. The summed E-state index contributed by atoms with van der Waals surface area (Å²) in [6, 6.07) is 2.96. The van der Waals surface area contributed by atoms with Gasteiger partial charge in [-0.05, 0) is 32.0 Å². The lowest BCUT2D eigenvalue weighted by Gasteiger charge is -2.13. The molecule has 3 aromatic rings. The zero-order chi connectivity index (χ0) is 20.7. The Morgan fingerprint density at radius 1 is 1.34 bits per heavy atom. The number of carboxylic acids is 1. The van der Waals surface area contributed by atoms with Crippen LogP contribution in [0.5, 0.6) is 5.75 Å². The van der Waals surface area contributed by atoms with Gasteiger partial charge >= 0.3 is 5.97 Å². The number of nitrogens with one attached hydrogen (secondary N) is 3. The van der Waals surface area contributed by atoms with E-state index in [2.05, 4.69) is 20.6 Å². The van der Waals surface area contributed by atoms with E-state index in [0.717, 1.165) is 24.3 Å². The van der Waals surface area contributed by atoms with E-state index in [9.17, 15) is 14.7 Å². The average molecular weight is 455 g/mol. The number of nitrogens with zero attached hydrogens (tertiary/aromatic N) is 1. The number of rotatable bonds is 5. The van der Waals surface area contributed by atoms with Crippen LogP contribution in [0, 0.1) is 6.92 Å². The van der Waals surface area contributed by atoms with Crippen LogP contribution in [-0.4, -0.2) is 46.1 Å². The van der Waals surface area contributed by atoms with E-state index < -0.39 is 11.9 Å². The molecule has 4 N–H and O–H groups in total. The highest BCUT2D eigenvalue weighted by Crippen LogP contribution is 2.36. The molecule has 0 radical (unpaired) electrons. The first-order chi connectivity index (χ1) is 13.8. The molecule has 152 valence electrons. The molecule has 29 heavy (non-hydrogen) atoms. The molecule has 0 spiro atoms. The molecule has 1 saturated heterocycles. The number of aromatic nitrogens is 2. The molecule has 1 aromatic carbocycles. The van der Waals surface area contributed by atoms with Crippen LogP contribution in [0.2, 0.25) is 10.0 Å². The van der Waals surface area contributed by atoms with Gasteiger partial charge in [0.15, 0.2) is 5.13 Å². The Morgan fingerprint density at radius 3 is 2.76 bits per heavy atom. The highest BCUT2D eigenvalue weighted by atomic mass is 35.5. The van der Waals surface area contributed by atoms with Crippen LogP contribution in [0.3, 0.4) is 0 Å². The van der Waals surface area contributed by atoms with Crippen LogP contribution in [0.25, 0.3) is 10.2 Å². The molecule has 11 heteroatoms. The quantitative estimate of drug-likeness (QED) is 0.463. The third kappa shape index (κ3) is 3.91. The number of hydrogen-bond acceptors (Lipinski definition) is 6. The SMILES string of the molecule is Cc1[nH]c(C(=O)Nc2nc3c(OC4CCNC4)cc(C(=O)O)cc3s2)c(Cl)c1Cl. The fraction of sp³-hybridized carbons (Fsp3) is 0.278. The zero-order valence-corrected chi connectivity index (χ0v) is 17.5. The second kappa shape index (κ2) is 7.83. The van der Waals surface area contributed by atoms with Crippen molar-refractivity contribution in [2.75, 3.05) is 18.4 Å². The monoisotopic (exact) mass is 454 g/mol. The molecule has 0 bridgehead atoms. The lowest BCUT2D eigenvalue weighted by molar-refractivity contribution is 0.0696. The summed E-state index contributed by atoms with van der Waals surface area (Å²) in [5, 5.41) is 16.0. The van der Waals surface area contributed by atoms with Gasteiger partial charge in [0.1, 0.15) is 23.1 Å². The maximum atomic E-state index is 12.6. The lowest BCUT2D eigenvalue weighted by Crippen LogP contribution is -2.20. The van der Waals surface area contributed by atoms with E-state index >= 15 is 0 Å². The minimum atomic E-state index is -1.07. The fourth-order valence-electron chi connectivity index (χ4n) is 3.06. The third-order valence-corrected chi connectivity index (χ3v) is 6.38. The maximum absolute atomic E-state index is 12.6. The number of hydrogen-bond donors (Lipinski definition) is 4. The summed E-state index contributed by atoms with van der Waals surface area (Å²) < 4.78 is 6.57. The summed E-state index contributed by atoms with van der Waals surface area (Å²) in [7, 11) is 0. The first kappa shape index (κ1) is 20.0. The van der Waals surface area contributed by atoms with E-state index in [0.29, 0.717) is 33.3 Å². The second-order valence-corrected chi connectivity index (χ2v) is 8.37. The summed E-state index contributed by atoms with van der Waals surface area (Å²) in [5.41, 5.74) is 1.30. The molecule has 1 atom stereocenters. The molecule has 0 saturated carbocycles. The Labute approximate surface area is 179 Å². The van der Waals surface area contributed by atoms with Crippen LogP contribution in [0.4, 0.5) is 5.13 Å². The number of benzene rings is 1. The zero-order valence-electron chi connectivity index (χ0n) is 15.1. The number of fused-ring (bicyclic) bond motifs is 1. The summed E-state index contributed by atoms with van der Waals surface area (Å²) in [4.78, 5) is 31.3. The lowest BCUT2D eigenvalue weighted by atomic mass is 10.2. The van der Waals surface area contributed by atoms with Gasteiger partial charge in [0, 0.05) is 12.2 Å². The Balaban J connectivity index is 1.67. The molecule has 4 rings (SSSR count). The number of carbonyl (C=O) groups excluding carboxylic acids is 1. The number of aromatic amines is 1. The molecule has 8 nitrogen and oxygen atoms in total. The molecular weight excluding hydrogens is 439 g/mol. The van der Waals surface area contributed by atoms with Crippen molar-refractivity contribution in [1.29, 1.82) is 0 Å². The van der Waals surface area contributed by atoms with E-state index in [4.69, 9.17) is 27.9 Å². The summed E-state index contributed by atoms with van der Waals surface area (Å²) in [6.45, 7) is 3.22. The molecule has 0 aliphatic carbocycles. The van der Waals surface area contributed by atoms with E-state index in [1.807, 2.05) is 0 Å². The normalized spacial score (nSPS) is 16.3. The predicted octanol–water partition coefficient (Wildman–Crippen LogP) is 3.93. The molecule has 3 heterocycles. The van der Waals surface area contributed by atoms with Crippen molar-refractivity contribution in [1.82, 2.24) is 15.3 Å². The van der Waals surface area contributed by atoms with E-state index in [1.54, 1.807) is 6.92 Å². The van der Waals surface area contributed by atoms with Gasteiger partial charge in [-0.1, -0.05) is 34.5 Å². The number of anilines is 1. The van der Waals surface area contributed by atoms with Crippen molar-refractivity contribution in [2.45, 2.75) is 19.4 Å². The summed E-state index contributed by atoms with van der Waals surface area (Å²) in [6.07, 6.45) is 0.752. The molecule has 1 aliphatic heterocycles. The molecule has 1 unspecified atom stereocenters. The molecule has 1 amide bonds. The highest BCUT2D eigenvalue weighted by molar-refractivity contribution is 7.22. The number of amides is 1. The van der Waals surface area contributed by atoms with Gasteiger partial charge in [0.05, 0.1) is 20.3 Å². The smallest absolute Gasteiger partial charge is 0.335 e. The topological polar surface area (TPSA) is 116 Å². The predicted molar refractivity (Wildman–Crippen MR) is 112 cm³/mol. The van der Waals surface area contributed by atoms with Crippen LogP contribution in [-0.2, 0) is 0 Å². The number of thiazole rings is 1. The van der Waals surface area contributed by atoms with Crippen molar-refractivity contribution < 1.29 is 19.4 Å². The molecule has 1 fully saturated rings. The minimum Gasteiger partial charge on any atom is -0.487 e. The second-order valence-electron chi connectivity index (χ2n) is 6.59. The fourth-order valence-corrected chi connectivity index (χ4v) is 4.40. The molecule has 1 aliphatic rings. The number of H-pyrrole nitrogens is 1. The maximum Gasteiger partial charge on any atom is 0.335 e. The summed E-state index contributed by atoms with van der Waals surface area (Å²) in [5.74, 6) is -1.18. The van der Waals surface area contributed by atoms with Crippen molar-refractivity contribution in [3.05, 3.63) is 39.1 Å². The third-order valence-electron chi connectivity index (χ3n) is 4.52. The van der Waals surface area contributed by atoms with Gasteiger partial charge in [-0.3, -0.25) is 10.1 Å². The van der Waals surface area contributed by atoms with Crippen molar-refractivity contribution >= 4 is 61.8 Å². The van der Waals surface area contributed by atoms with Crippen molar-refractivity contribution in [3.8, 4) is 5.75 Å². The molecular formula is C18H16Cl2N4O4S. The largest absolute Gasteiger partial charge is 0.487 e. The average Bonchev–Trinajstić information content (AvgIpc) is 3.38. The number of aryl methyl sites for hydroxylation is 1. The van der Waals surface area contributed by atoms with Crippen LogP contribution in [0.15, 0.2) is 12.1 Å². The van der Waals surface area contributed by atoms with Crippen LogP contribution >= 0.6 is 34.5 Å².